The first-order valence-corrected chi connectivity index (χ1v) is 6.37. The number of carbonyl (C=O) groups excluding carboxylic acids is 1. The Morgan fingerprint density at radius 2 is 2.06 bits per heavy atom. The number of hydrogen-bond acceptors (Lipinski definition) is 3. The fourth-order valence-corrected chi connectivity index (χ4v) is 2.44. The summed E-state index contributed by atoms with van der Waals surface area (Å²) in [6, 6.07) is 5.73. The topological polar surface area (TPSA) is 45.8 Å². The van der Waals surface area contributed by atoms with Crippen LogP contribution in [0.1, 0.15) is 21.7 Å². The van der Waals surface area contributed by atoms with Crippen LogP contribution in [-0.2, 0) is 0 Å². The summed E-state index contributed by atoms with van der Waals surface area (Å²) in [6.45, 7) is 3.89. The van der Waals surface area contributed by atoms with E-state index < -0.39 is 0 Å². The van der Waals surface area contributed by atoms with E-state index in [9.17, 15) is 4.79 Å². The summed E-state index contributed by atoms with van der Waals surface area (Å²) in [5.74, 6) is 0.621. The number of Topliss-reactive ketones (excluding diaryl/α,β-unsaturated/α-hetero) is 1. The number of aromatic nitrogens is 2. The zero-order valence-electron chi connectivity index (χ0n) is 9.86. The van der Waals surface area contributed by atoms with E-state index in [4.69, 9.17) is 0 Å². The number of carbonyl (C=O) groups is 1. The van der Waals surface area contributed by atoms with Gasteiger partial charge in [0.05, 0.1) is 5.75 Å². The lowest BCUT2D eigenvalue weighted by Gasteiger charge is -2.00. The Kier molecular flexibility index (Phi) is 3.64. The second-order valence-corrected chi connectivity index (χ2v) is 4.93. The molecule has 0 saturated heterocycles. The number of hydrogen-bond donors (Lipinski definition) is 1. The van der Waals surface area contributed by atoms with Gasteiger partial charge in [-0.2, -0.15) is 0 Å². The summed E-state index contributed by atoms with van der Waals surface area (Å²) in [5, 5.41) is 0. The van der Waals surface area contributed by atoms with Gasteiger partial charge < -0.3 is 4.98 Å². The molecule has 2 rings (SSSR count). The Bertz CT molecular complexity index is 519. The number of pyridine rings is 1. The molecular weight excluding hydrogens is 232 g/mol. The predicted molar refractivity (Wildman–Crippen MR) is 69.6 cm³/mol. The molecule has 17 heavy (non-hydrogen) atoms. The Balaban J connectivity index is 2.01. The molecule has 0 fully saturated rings. The minimum absolute atomic E-state index is 0.161. The summed E-state index contributed by atoms with van der Waals surface area (Å²) >= 11 is 1.54. The maximum Gasteiger partial charge on any atom is 0.174 e. The van der Waals surface area contributed by atoms with Crippen LogP contribution in [0.5, 0.6) is 0 Å². The van der Waals surface area contributed by atoms with Crippen LogP contribution in [0, 0.1) is 13.8 Å². The second-order valence-electron chi connectivity index (χ2n) is 3.89. The van der Waals surface area contributed by atoms with Gasteiger partial charge in [-0.15, -0.1) is 11.8 Å². The minimum atomic E-state index is 0.161. The van der Waals surface area contributed by atoms with Crippen molar-refractivity contribution >= 4 is 17.5 Å². The Labute approximate surface area is 105 Å². The van der Waals surface area contributed by atoms with Gasteiger partial charge in [-0.25, -0.2) is 0 Å². The van der Waals surface area contributed by atoms with Gasteiger partial charge in [0.25, 0.3) is 0 Å². The highest BCUT2D eigenvalue weighted by molar-refractivity contribution is 8.00. The molecule has 4 heteroatoms. The first-order chi connectivity index (χ1) is 8.16. The zero-order chi connectivity index (χ0) is 12.3. The molecule has 2 aromatic heterocycles. The third kappa shape index (κ3) is 2.97. The predicted octanol–water partition coefficient (Wildman–Crippen LogP) is 3.00. The number of nitrogens with zero attached hydrogens (tertiary/aromatic N) is 1. The Hall–Kier alpha value is -1.55. The van der Waals surface area contributed by atoms with Gasteiger partial charge in [0.2, 0.25) is 0 Å². The Morgan fingerprint density at radius 1 is 1.35 bits per heavy atom. The molecule has 0 spiro atoms. The molecule has 0 aromatic carbocycles. The summed E-state index contributed by atoms with van der Waals surface area (Å²) in [7, 11) is 0. The van der Waals surface area contributed by atoms with Gasteiger partial charge in [-0.3, -0.25) is 9.78 Å². The number of aryl methyl sites for hydroxylation is 2. The van der Waals surface area contributed by atoms with Crippen LogP contribution in [0.25, 0.3) is 0 Å². The molecule has 2 heterocycles. The molecule has 0 atom stereocenters. The molecule has 0 radical (unpaired) electrons. The van der Waals surface area contributed by atoms with E-state index in [0.29, 0.717) is 5.75 Å². The average Bonchev–Trinajstić information content (AvgIpc) is 2.67. The van der Waals surface area contributed by atoms with Crippen molar-refractivity contribution in [3.8, 4) is 0 Å². The number of nitrogens with one attached hydrogen (secondary N) is 1. The van der Waals surface area contributed by atoms with Gasteiger partial charge in [0.1, 0.15) is 0 Å². The van der Waals surface area contributed by atoms with Crippen LogP contribution >= 0.6 is 11.8 Å². The molecule has 0 aliphatic rings. The van der Waals surface area contributed by atoms with Crippen LogP contribution in [0.3, 0.4) is 0 Å². The number of rotatable bonds is 4. The fourth-order valence-electron chi connectivity index (χ4n) is 1.67. The van der Waals surface area contributed by atoms with Crippen LogP contribution in [-0.4, -0.2) is 21.5 Å². The van der Waals surface area contributed by atoms with Gasteiger partial charge in [-0.05, 0) is 32.0 Å². The van der Waals surface area contributed by atoms with Crippen molar-refractivity contribution in [3.63, 3.8) is 0 Å². The van der Waals surface area contributed by atoms with Gasteiger partial charge >= 0.3 is 0 Å². The molecule has 3 nitrogen and oxygen atoms in total. The van der Waals surface area contributed by atoms with E-state index in [1.54, 1.807) is 12.4 Å². The van der Waals surface area contributed by atoms with Crippen molar-refractivity contribution in [2.75, 3.05) is 5.75 Å². The summed E-state index contributed by atoms with van der Waals surface area (Å²) in [6.07, 6.45) is 3.47. The maximum atomic E-state index is 12.0. The fraction of sp³-hybridized carbons (Fsp3) is 0.231. The van der Waals surface area contributed by atoms with E-state index in [1.807, 2.05) is 32.0 Å². The third-order valence-corrected chi connectivity index (χ3v) is 3.48. The van der Waals surface area contributed by atoms with Crippen molar-refractivity contribution in [2.24, 2.45) is 0 Å². The van der Waals surface area contributed by atoms with E-state index in [2.05, 4.69) is 9.97 Å². The highest BCUT2D eigenvalue weighted by Crippen LogP contribution is 2.19. The van der Waals surface area contributed by atoms with Crippen molar-refractivity contribution in [1.29, 1.82) is 0 Å². The van der Waals surface area contributed by atoms with Gasteiger partial charge in [0, 0.05) is 34.2 Å². The van der Waals surface area contributed by atoms with Crippen molar-refractivity contribution in [1.82, 2.24) is 9.97 Å². The molecule has 0 saturated carbocycles. The van der Waals surface area contributed by atoms with Crippen LogP contribution in [0.2, 0.25) is 0 Å². The van der Waals surface area contributed by atoms with E-state index in [1.165, 1.54) is 11.8 Å². The van der Waals surface area contributed by atoms with Gasteiger partial charge in [0.15, 0.2) is 5.78 Å². The molecule has 2 aromatic rings. The number of thioether (sulfide) groups is 1. The normalized spacial score (nSPS) is 10.5. The summed E-state index contributed by atoms with van der Waals surface area (Å²) < 4.78 is 0. The zero-order valence-corrected chi connectivity index (χ0v) is 10.7. The van der Waals surface area contributed by atoms with Crippen LogP contribution in [0.4, 0.5) is 0 Å². The molecule has 0 bridgehead atoms. The molecular formula is C13H14N2OS. The molecule has 0 aliphatic heterocycles. The Morgan fingerprint density at radius 3 is 2.65 bits per heavy atom. The molecule has 88 valence electrons. The molecule has 0 aliphatic carbocycles. The smallest absolute Gasteiger partial charge is 0.174 e. The quantitative estimate of drug-likeness (QED) is 0.666. The number of aromatic amines is 1. The number of ketones is 1. The van der Waals surface area contributed by atoms with Crippen molar-refractivity contribution in [3.05, 3.63) is 47.5 Å². The molecule has 1 N–H and O–H groups in total. The lowest BCUT2D eigenvalue weighted by Crippen LogP contribution is -2.02. The van der Waals surface area contributed by atoms with Gasteiger partial charge in [-0.1, -0.05) is 0 Å². The minimum Gasteiger partial charge on any atom is -0.362 e. The largest absolute Gasteiger partial charge is 0.362 e. The van der Waals surface area contributed by atoms with E-state index in [0.717, 1.165) is 21.8 Å². The van der Waals surface area contributed by atoms with Crippen LogP contribution < -0.4 is 0 Å². The monoisotopic (exact) mass is 246 g/mol. The summed E-state index contributed by atoms with van der Waals surface area (Å²) in [5.41, 5.74) is 2.77. The highest BCUT2D eigenvalue weighted by Gasteiger charge is 2.11. The van der Waals surface area contributed by atoms with Crippen molar-refractivity contribution < 1.29 is 4.79 Å². The SMILES string of the molecule is Cc1cc(C(=O)CSc2ccncc2)c(C)[nH]1. The third-order valence-electron chi connectivity index (χ3n) is 2.47. The van der Waals surface area contributed by atoms with E-state index in [-0.39, 0.29) is 5.78 Å². The van der Waals surface area contributed by atoms with E-state index >= 15 is 0 Å². The lowest BCUT2D eigenvalue weighted by atomic mass is 10.2. The summed E-state index contributed by atoms with van der Waals surface area (Å²) in [4.78, 5) is 20.2. The molecule has 0 unspecified atom stereocenters. The van der Waals surface area contributed by atoms with Crippen molar-refractivity contribution in [2.45, 2.75) is 18.7 Å². The van der Waals surface area contributed by atoms with Crippen LogP contribution in [0.15, 0.2) is 35.5 Å². The first kappa shape index (κ1) is 11.9. The second kappa shape index (κ2) is 5.19. The maximum absolute atomic E-state index is 12.0. The average molecular weight is 246 g/mol. The first-order valence-electron chi connectivity index (χ1n) is 5.39. The lowest BCUT2D eigenvalue weighted by molar-refractivity contribution is 0.102. The highest BCUT2D eigenvalue weighted by atomic mass is 32.2. The standard InChI is InChI=1S/C13H14N2OS/c1-9-7-12(10(2)15-9)13(16)8-17-11-3-5-14-6-4-11/h3-7,15H,8H2,1-2H3. The molecule has 0 amide bonds. The number of H-pyrrole nitrogens is 1.